The molecule has 6 heteroatoms. The first-order valence-electron chi connectivity index (χ1n) is 8.55. The highest BCUT2D eigenvalue weighted by atomic mass is 32.1. The van der Waals surface area contributed by atoms with E-state index >= 15 is 0 Å². The summed E-state index contributed by atoms with van der Waals surface area (Å²) in [5.41, 5.74) is 2.70. The number of rotatable bonds is 4. The lowest BCUT2D eigenvalue weighted by atomic mass is 10.0. The SMILES string of the molecule is CCn1c(=O)n2nc(-c3ccccc3)nc2c2c(CC(C)C)csc21. The van der Waals surface area contributed by atoms with Gasteiger partial charge in [0.15, 0.2) is 11.5 Å². The van der Waals surface area contributed by atoms with Gasteiger partial charge in [-0.25, -0.2) is 9.78 Å². The molecule has 0 N–H and O–H groups in total. The average molecular weight is 352 g/mol. The Morgan fingerprint density at radius 2 is 1.96 bits per heavy atom. The molecule has 0 spiro atoms. The number of fused-ring (bicyclic) bond motifs is 3. The normalized spacial score (nSPS) is 11.8. The van der Waals surface area contributed by atoms with E-state index in [1.54, 1.807) is 15.9 Å². The Hall–Kier alpha value is -2.47. The minimum absolute atomic E-state index is 0.127. The highest BCUT2D eigenvalue weighted by Crippen LogP contribution is 2.30. The van der Waals surface area contributed by atoms with Crippen molar-refractivity contribution in [1.29, 1.82) is 0 Å². The van der Waals surface area contributed by atoms with Crippen molar-refractivity contribution in [2.75, 3.05) is 0 Å². The molecule has 5 nitrogen and oxygen atoms in total. The smallest absolute Gasteiger partial charge is 0.283 e. The summed E-state index contributed by atoms with van der Waals surface area (Å²) >= 11 is 1.62. The Morgan fingerprint density at radius 1 is 1.20 bits per heavy atom. The topological polar surface area (TPSA) is 52.2 Å². The van der Waals surface area contributed by atoms with Gasteiger partial charge >= 0.3 is 5.69 Å². The quantitative estimate of drug-likeness (QED) is 0.558. The molecule has 0 unspecified atom stereocenters. The number of hydrogen-bond acceptors (Lipinski definition) is 4. The zero-order valence-electron chi connectivity index (χ0n) is 14.6. The van der Waals surface area contributed by atoms with Crippen molar-refractivity contribution in [2.45, 2.75) is 33.7 Å². The van der Waals surface area contributed by atoms with Gasteiger partial charge in [-0.1, -0.05) is 44.2 Å². The lowest BCUT2D eigenvalue weighted by Crippen LogP contribution is -2.26. The summed E-state index contributed by atoms with van der Waals surface area (Å²) in [7, 11) is 0. The third-order valence-corrected chi connectivity index (χ3v) is 5.36. The van der Waals surface area contributed by atoms with E-state index in [0.717, 1.165) is 22.2 Å². The van der Waals surface area contributed by atoms with Gasteiger partial charge in [-0.05, 0) is 30.2 Å². The highest BCUT2D eigenvalue weighted by molar-refractivity contribution is 7.17. The number of hydrogen-bond donors (Lipinski definition) is 0. The van der Waals surface area contributed by atoms with Gasteiger partial charge in [-0.2, -0.15) is 4.52 Å². The second-order valence-corrected chi connectivity index (χ2v) is 7.46. The molecule has 0 aliphatic rings. The van der Waals surface area contributed by atoms with Crippen LogP contribution in [-0.2, 0) is 13.0 Å². The minimum atomic E-state index is -0.127. The Balaban J connectivity index is 2.08. The summed E-state index contributed by atoms with van der Waals surface area (Å²) in [5, 5.41) is 7.74. The first kappa shape index (κ1) is 16.0. The zero-order chi connectivity index (χ0) is 17.6. The van der Waals surface area contributed by atoms with E-state index in [-0.39, 0.29) is 5.69 Å². The fourth-order valence-corrected chi connectivity index (χ4v) is 4.35. The molecule has 0 atom stereocenters. The predicted octanol–water partition coefficient (Wildman–Crippen LogP) is 3.99. The van der Waals surface area contributed by atoms with Crippen molar-refractivity contribution < 1.29 is 0 Å². The number of nitrogens with zero attached hydrogens (tertiary/aromatic N) is 4. The van der Waals surface area contributed by atoms with Crippen LogP contribution in [0.5, 0.6) is 0 Å². The monoisotopic (exact) mass is 352 g/mol. The van der Waals surface area contributed by atoms with Crippen molar-refractivity contribution in [2.24, 2.45) is 5.92 Å². The molecule has 1 aromatic carbocycles. The fourth-order valence-electron chi connectivity index (χ4n) is 3.21. The van der Waals surface area contributed by atoms with Crippen molar-refractivity contribution in [3.8, 4) is 11.4 Å². The molecule has 4 aromatic rings. The highest BCUT2D eigenvalue weighted by Gasteiger charge is 2.19. The molecule has 3 heterocycles. The van der Waals surface area contributed by atoms with Gasteiger partial charge < -0.3 is 0 Å². The van der Waals surface area contributed by atoms with E-state index in [0.29, 0.717) is 23.9 Å². The van der Waals surface area contributed by atoms with Crippen LogP contribution >= 0.6 is 11.3 Å². The third-order valence-electron chi connectivity index (χ3n) is 4.31. The summed E-state index contributed by atoms with van der Waals surface area (Å²) in [4.78, 5) is 18.6. The van der Waals surface area contributed by atoms with Crippen LogP contribution < -0.4 is 5.69 Å². The van der Waals surface area contributed by atoms with Crippen LogP contribution in [0.4, 0.5) is 0 Å². The molecule has 0 radical (unpaired) electrons. The molecular formula is C19H20N4OS. The molecule has 3 aromatic heterocycles. The van der Waals surface area contributed by atoms with Crippen LogP contribution in [0.3, 0.4) is 0 Å². The third kappa shape index (κ3) is 2.57. The van der Waals surface area contributed by atoms with Crippen LogP contribution in [0.1, 0.15) is 26.3 Å². The maximum Gasteiger partial charge on any atom is 0.351 e. The molecule has 0 amide bonds. The first-order chi connectivity index (χ1) is 12.1. The van der Waals surface area contributed by atoms with E-state index in [1.165, 1.54) is 10.1 Å². The molecular weight excluding hydrogens is 332 g/mol. The van der Waals surface area contributed by atoms with Crippen LogP contribution in [0.2, 0.25) is 0 Å². The van der Waals surface area contributed by atoms with Gasteiger partial charge in [0.1, 0.15) is 4.83 Å². The lowest BCUT2D eigenvalue weighted by molar-refractivity contribution is 0.650. The first-order valence-corrected chi connectivity index (χ1v) is 9.43. The summed E-state index contributed by atoms with van der Waals surface area (Å²) in [6.07, 6.45) is 0.963. The predicted molar refractivity (Wildman–Crippen MR) is 102 cm³/mol. The maximum atomic E-state index is 12.9. The van der Waals surface area contributed by atoms with E-state index in [9.17, 15) is 4.79 Å². The van der Waals surface area contributed by atoms with Crippen LogP contribution in [-0.4, -0.2) is 19.2 Å². The van der Waals surface area contributed by atoms with Gasteiger partial charge in [0.25, 0.3) is 0 Å². The molecule has 128 valence electrons. The summed E-state index contributed by atoms with van der Waals surface area (Å²) < 4.78 is 3.25. The van der Waals surface area contributed by atoms with E-state index in [4.69, 9.17) is 4.98 Å². The molecule has 4 rings (SSSR count). The Kier molecular flexibility index (Phi) is 3.92. The van der Waals surface area contributed by atoms with Crippen LogP contribution in [0.25, 0.3) is 27.3 Å². The Labute approximate surface area is 149 Å². The second-order valence-electron chi connectivity index (χ2n) is 6.60. The number of benzene rings is 1. The fraction of sp³-hybridized carbons (Fsp3) is 0.316. The number of thiophene rings is 1. The summed E-state index contributed by atoms with van der Waals surface area (Å²) in [6.45, 7) is 7.02. The van der Waals surface area contributed by atoms with E-state index in [1.807, 2.05) is 37.3 Å². The standard InChI is InChI=1S/C19H20N4OS/c1-4-22-18-15(14(11-25-18)10-12(2)3)17-20-16(21-23(17)19(22)24)13-8-6-5-7-9-13/h5-9,11-12H,4,10H2,1-3H3. The molecule has 0 saturated heterocycles. The molecule has 0 bridgehead atoms. The van der Waals surface area contributed by atoms with Crippen molar-refractivity contribution in [3.63, 3.8) is 0 Å². The molecule has 25 heavy (non-hydrogen) atoms. The van der Waals surface area contributed by atoms with E-state index < -0.39 is 0 Å². The summed E-state index contributed by atoms with van der Waals surface area (Å²) in [6, 6.07) is 9.80. The van der Waals surface area contributed by atoms with Crippen molar-refractivity contribution >= 4 is 27.2 Å². The number of aromatic nitrogens is 4. The lowest BCUT2D eigenvalue weighted by Gasteiger charge is -2.07. The van der Waals surface area contributed by atoms with E-state index in [2.05, 4.69) is 24.3 Å². The van der Waals surface area contributed by atoms with Gasteiger partial charge in [-0.15, -0.1) is 16.4 Å². The molecule has 0 saturated carbocycles. The van der Waals surface area contributed by atoms with Gasteiger partial charge in [-0.3, -0.25) is 4.57 Å². The Bertz CT molecular complexity index is 1110. The van der Waals surface area contributed by atoms with Gasteiger partial charge in [0.2, 0.25) is 0 Å². The van der Waals surface area contributed by atoms with Gasteiger partial charge in [0.05, 0.1) is 5.39 Å². The molecule has 0 fully saturated rings. The van der Waals surface area contributed by atoms with Gasteiger partial charge in [0, 0.05) is 12.1 Å². The number of aryl methyl sites for hydroxylation is 1. The van der Waals surface area contributed by atoms with Crippen LogP contribution in [0.15, 0.2) is 40.5 Å². The molecule has 0 aliphatic carbocycles. The largest absolute Gasteiger partial charge is 0.351 e. The molecule has 0 aliphatic heterocycles. The second kappa shape index (κ2) is 6.11. The summed E-state index contributed by atoms with van der Waals surface area (Å²) in [5.74, 6) is 1.13. The maximum absolute atomic E-state index is 12.9. The van der Waals surface area contributed by atoms with Crippen molar-refractivity contribution in [1.82, 2.24) is 19.2 Å². The Morgan fingerprint density at radius 3 is 2.64 bits per heavy atom. The average Bonchev–Trinajstić information content (AvgIpc) is 3.20. The zero-order valence-corrected chi connectivity index (χ0v) is 15.4. The van der Waals surface area contributed by atoms with Crippen LogP contribution in [0, 0.1) is 5.92 Å². The minimum Gasteiger partial charge on any atom is -0.283 e. The van der Waals surface area contributed by atoms with Crippen molar-refractivity contribution in [3.05, 3.63) is 51.8 Å².